The molecule has 1 heterocycles. The summed E-state index contributed by atoms with van der Waals surface area (Å²) in [5.74, 6) is 0. The fourth-order valence-electron chi connectivity index (χ4n) is 1.41. The topological polar surface area (TPSA) is 35.8 Å². The molecule has 2 rings (SSSR count). The zero-order valence-electron chi connectivity index (χ0n) is 8.65. The number of nitrogens with zero attached hydrogens (tertiary/aromatic N) is 1. The highest BCUT2D eigenvalue weighted by Gasteiger charge is 2.15. The van der Waals surface area contributed by atoms with Crippen LogP contribution in [0.5, 0.6) is 0 Å². The van der Waals surface area contributed by atoms with Crippen LogP contribution < -0.4 is 5.32 Å². The first kappa shape index (κ1) is 12.4. The van der Waals surface area contributed by atoms with Gasteiger partial charge in [-0.1, -0.05) is 23.7 Å². The van der Waals surface area contributed by atoms with Gasteiger partial charge in [0.05, 0.1) is 16.8 Å². The number of rotatable bonds is 3. The van der Waals surface area contributed by atoms with Crippen LogP contribution in [0.1, 0.15) is 11.6 Å². The number of benzene rings is 1. The first-order chi connectivity index (χ1) is 8.22. The number of nitriles is 1. The Kier molecular flexibility index (Phi) is 4.06. The van der Waals surface area contributed by atoms with Gasteiger partial charge in [0.1, 0.15) is 6.04 Å². The third-order valence-electron chi connectivity index (χ3n) is 2.26. The Hall–Kier alpha value is -1.02. The second-order valence-corrected chi connectivity index (χ2v) is 5.37. The van der Waals surface area contributed by atoms with Crippen LogP contribution in [0, 0.1) is 11.3 Å². The zero-order valence-corrected chi connectivity index (χ0v) is 11.8. The molecule has 1 atom stereocenters. The maximum atomic E-state index is 9.20. The predicted octanol–water partition coefficient (Wildman–Crippen LogP) is 4.84. The van der Waals surface area contributed by atoms with Crippen LogP contribution in [0.3, 0.4) is 0 Å². The Labute approximate surface area is 117 Å². The highest BCUT2D eigenvalue weighted by Crippen LogP contribution is 2.31. The molecule has 0 aliphatic carbocycles. The molecule has 5 heteroatoms. The highest BCUT2D eigenvalue weighted by molar-refractivity contribution is 9.10. The smallest absolute Gasteiger partial charge is 0.142 e. The van der Waals surface area contributed by atoms with E-state index < -0.39 is 6.04 Å². The van der Waals surface area contributed by atoms with Crippen LogP contribution in [0.15, 0.2) is 39.5 Å². The van der Waals surface area contributed by atoms with Gasteiger partial charge >= 0.3 is 0 Å². The van der Waals surface area contributed by atoms with Crippen molar-refractivity contribution in [3.63, 3.8) is 0 Å². The lowest BCUT2D eigenvalue weighted by molar-refractivity contribution is 0.999. The second-order valence-electron chi connectivity index (χ2n) is 3.36. The molecule has 0 spiro atoms. The normalized spacial score (nSPS) is 11.8. The van der Waals surface area contributed by atoms with E-state index in [0.29, 0.717) is 5.02 Å². The van der Waals surface area contributed by atoms with Gasteiger partial charge in [0.25, 0.3) is 0 Å². The van der Waals surface area contributed by atoms with Crippen molar-refractivity contribution in [1.82, 2.24) is 0 Å². The van der Waals surface area contributed by atoms with Crippen LogP contribution in [0.4, 0.5) is 5.69 Å². The number of hydrogen-bond donors (Lipinski definition) is 1. The lowest BCUT2D eigenvalue weighted by Gasteiger charge is -2.13. The Morgan fingerprint density at radius 3 is 2.71 bits per heavy atom. The maximum absolute atomic E-state index is 9.20. The molecule has 0 radical (unpaired) electrons. The Morgan fingerprint density at radius 2 is 2.12 bits per heavy atom. The molecule has 1 N–H and O–H groups in total. The van der Waals surface area contributed by atoms with Crippen molar-refractivity contribution in [2.75, 3.05) is 5.32 Å². The predicted molar refractivity (Wildman–Crippen MR) is 75.4 cm³/mol. The second kappa shape index (κ2) is 5.54. The minimum Gasteiger partial charge on any atom is -0.365 e. The van der Waals surface area contributed by atoms with E-state index in [0.717, 1.165) is 15.7 Å². The molecule has 1 unspecified atom stereocenters. The molecule has 2 nitrogen and oxygen atoms in total. The molecule has 17 heavy (non-hydrogen) atoms. The van der Waals surface area contributed by atoms with Gasteiger partial charge < -0.3 is 5.32 Å². The number of para-hydroxylation sites is 1. The average Bonchev–Trinajstić information content (AvgIpc) is 2.75. The molecule has 86 valence electrons. The summed E-state index contributed by atoms with van der Waals surface area (Å²) >= 11 is 11.0. The summed E-state index contributed by atoms with van der Waals surface area (Å²) in [7, 11) is 0. The van der Waals surface area contributed by atoms with Crippen molar-refractivity contribution in [1.29, 1.82) is 5.26 Å². The summed E-state index contributed by atoms with van der Waals surface area (Å²) in [6, 6.07) is 9.20. The molecule has 0 aliphatic rings. The lowest BCUT2D eigenvalue weighted by Crippen LogP contribution is -2.08. The largest absolute Gasteiger partial charge is 0.365 e. The molecule has 0 saturated carbocycles. The number of nitrogens with one attached hydrogen (secondary N) is 1. The third-order valence-corrected chi connectivity index (χ3v) is 4.34. The monoisotopic (exact) mass is 326 g/mol. The van der Waals surface area contributed by atoms with Crippen LogP contribution >= 0.6 is 38.9 Å². The summed E-state index contributed by atoms with van der Waals surface area (Å²) in [5.41, 5.74) is 1.69. The van der Waals surface area contributed by atoms with Gasteiger partial charge in [-0.05, 0) is 33.4 Å². The standard InChI is InChI=1S/C12H8BrClN2S/c13-9-7-17-6-8(9)12(5-15)16-11-4-2-1-3-10(11)14/h1-4,6-7,12,16H. The number of halogens is 2. The van der Waals surface area contributed by atoms with E-state index in [9.17, 15) is 5.26 Å². The fraction of sp³-hybridized carbons (Fsp3) is 0.0833. The molecule has 0 amide bonds. The molecule has 0 bridgehead atoms. The molecule has 0 saturated heterocycles. The fourth-order valence-corrected chi connectivity index (χ4v) is 3.15. The quantitative estimate of drug-likeness (QED) is 0.875. The molecule has 2 aromatic rings. The van der Waals surface area contributed by atoms with Gasteiger partial charge in [0.2, 0.25) is 0 Å². The van der Waals surface area contributed by atoms with Gasteiger partial charge in [0, 0.05) is 15.4 Å². The number of thiophene rings is 1. The van der Waals surface area contributed by atoms with Gasteiger partial charge in [0.15, 0.2) is 0 Å². The highest BCUT2D eigenvalue weighted by atomic mass is 79.9. The lowest BCUT2D eigenvalue weighted by atomic mass is 10.1. The summed E-state index contributed by atoms with van der Waals surface area (Å²) in [6.45, 7) is 0. The Morgan fingerprint density at radius 1 is 1.35 bits per heavy atom. The summed E-state index contributed by atoms with van der Waals surface area (Å²) in [6.07, 6.45) is 0. The van der Waals surface area contributed by atoms with Crippen LogP contribution in [-0.2, 0) is 0 Å². The Balaban J connectivity index is 2.26. The maximum Gasteiger partial charge on any atom is 0.142 e. The van der Waals surface area contributed by atoms with E-state index in [1.54, 1.807) is 17.4 Å². The average molecular weight is 328 g/mol. The van der Waals surface area contributed by atoms with Crippen LogP contribution in [0.2, 0.25) is 5.02 Å². The molecule has 1 aromatic carbocycles. The van der Waals surface area contributed by atoms with Crippen molar-refractivity contribution in [3.8, 4) is 6.07 Å². The minimum absolute atomic E-state index is 0.407. The number of hydrogen-bond acceptors (Lipinski definition) is 3. The van der Waals surface area contributed by atoms with E-state index >= 15 is 0 Å². The van der Waals surface area contributed by atoms with E-state index in [-0.39, 0.29) is 0 Å². The van der Waals surface area contributed by atoms with E-state index in [2.05, 4.69) is 27.3 Å². The van der Waals surface area contributed by atoms with Gasteiger partial charge in [-0.3, -0.25) is 0 Å². The van der Waals surface area contributed by atoms with E-state index in [1.165, 1.54) is 0 Å². The first-order valence-electron chi connectivity index (χ1n) is 4.84. The summed E-state index contributed by atoms with van der Waals surface area (Å²) in [5, 5.41) is 16.8. The van der Waals surface area contributed by atoms with Gasteiger partial charge in [-0.2, -0.15) is 16.6 Å². The van der Waals surface area contributed by atoms with Crippen molar-refractivity contribution in [3.05, 3.63) is 50.1 Å². The van der Waals surface area contributed by atoms with Crippen molar-refractivity contribution in [2.24, 2.45) is 0 Å². The molecule has 1 aromatic heterocycles. The molecule has 0 fully saturated rings. The van der Waals surface area contributed by atoms with E-state index in [1.807, 2.05) is 29.0 Å². The minimum atomic E-state index is -0.407. The third kappa shape index (κ3) is 2.81. The summed E-state index contributed by atoms with van der Waals surface area (Å²) < 4.78 is 0.939. The first-order valence-corrected chi connectivity index (χ1v) is 6.96. The van der Waals surface area contributed by atoms with E-state index in [4.69, 9.17) is 11.6 Å². The molecular formula is C12H8BrClN2S. The van der Waals surface area contributed by atoms with Crippen molar-refractivity contribution in [2.45, 2.75) is 6.04 Å². The zero-order chi connectivity index (χ0) is 12.3. The van der Waals surface area contributed by atoms with Crippen LogP contribution in [-0.4, -0.2) is 0 Å². The van der Waals surface area contributed by atoms with Crippen molar-refractivity contribution < 1.29 is 0 Å². The summed E-state index contributed by atoms with van der Waals surface area (Å²) in [4.78, 5) is 0. The number of anilines is 1. The van der Waals surface area contributed by atoms with Crippen molar-refractivity contribution >= 4 is 44.6 Å². The van der Waals surface area contributed by atoms with Crippen LogP contribution in [0.25, 0.3) is 0 Å². The molecular weight excluding hydrogens is 320 g/mol. The SMILES string of the molecule is N#CC(Nc1ccccc1Cl)c1cscc1Br. The Bertz CT molecular complexity index is 562. The van der Waals surface area contributed by atoms with Gasteiger partial charge in [-0.15, -0.1) is 0 Å². The van der Waals surface area contributed by atoms with Gasteiger partial charge in [-0.25, -0.2) is 0 Å². The molecule has 0 aliphatic heterocycles.